The summed E-state index contributed by atoms with van der Waals surface area (Å²) in [6.07, 6.45) is 7.38. The first-order valence-electron chi connectivity index (χ1n) is 9.80. The van der Waals surface area contributed by atoms with E-state index in [-0.39, 0.29) is 5.92 Å². The molecule has 1 amide bonds. The van der Waals surface area contributed by atoms with Crippen LogP contribution in [-0.2, 0) is 4.79 Å². The number of hydrogen-bond acceptors (Lipinski definition) is 3. The fourth-order valence-corrected chi connectivity index (χ4v) is 5.19. The Bertz CT molecular complexity index is 407. The van der Waals surface area contributed by atoms with Gasteiger partial charge in [0, 0.05) is 31.1 Å². The summed E-state index contributed by atoms with van der Waals surface area (Å²) in [5, 5.41) is 3.22. The van der Waals surface area contributed by atoms with Crippen molar-refractivity contribution < 1.29 is 4.79 Å². The Morgan fingerprint density at radius 1 is 1.13 bits per heavy atom. The van der Waals surface area contributed by atoms with Crippen LogP contribution in [0.3, 0.4) is 0 Å². The van der Waals surface area contributed by atoms with Gasteiger partial charge in [0.1, 0.15) is 0 Å². The van der Waals surface area contributed by atoms with Gasteiger partial charge in [0.25, 0.3) is 0 Å². The number of hydrogen-bond donors (Lipinski definition) is 1. The lowest BCUT2D eigenvalue weighted by Gasteiger charge is -2.35. The molecular weight excluding hydrogens is 286 g/mol. The Morgan fingerprint density at radius 3 is 2.61 bits per heavy atom. The van der Waals surface area contributed by atoms with Gasteiger partial charge in [0.05, 0.1) is 0 Å². The zero-order chi connectivity index (χ0) is 16.4. The Kier molecular flexibility index (Phi) is 5.63. The Balaban J connectivity index is 1.43. The molecule has 132 valence electrons. The number of rotatable bonds is 4. The summed E-state index contributed by atoms with van der Waals surface area (Å²) in [7, 11) is 2.27. The van der Waals surface area contributed by atoms with Crippen LogP contribution in [0.4, 0.5) is 0 Å². The second-order valence-electron chi connectivity index (χ2n) is 8.20. The first-order valence-corrected chi connectivity index (χ1v) is 9.80. The average Bonchev–Trinajstić information content (AvgIpc) is 2.80. The van der Waals surface area contributed by atoms with Gasteiger partial charge in [0.15, 0.2) is 0 Å². The molecule has 5 atom stereocenters. The van der Waals surface area contributed by atoms with Crippen LogP contribution in [0, 0.1) is 17.8 Å². The smallest absolute Gasteiger partial charge is 0.223 e. The van der Waals surface area contributed by atoms with Gasteiger partial charge in [-0.05, 0) is 71.0 Å². The molecule has 1 aliphatic carbocycles. The highest BCUT2D eigenvalue weighted by Gasteiger charge is 2.46. The lowest BCUT2D eigenvalue weighted by molar-refractivity contribution is -0.126. The molecule has 2 heterocycles. The van der Waals surface area contributed by atoms with E-state index in [4.69, 9.17) is 0 Å². The molecule has 1 saturated carbocycles. The van der Waals surface area contributed by atoms with Gasteiger partial charge in [-0.3, -0.25) is 4.79 Å². The standard InChI is InChI=1S/C19H35N3O/c1-14-15(2)21(3)18-8-7-16(13-17(14)18)19(23)20-9-12-22-10-5-4-6-11-22/h14-18H,4-13H2,1-3H3,(H,20,23). The second kappa shape index (κ2) is 7.52. The van der Waals surface area contributed by atoms with Crippen molar-refractivity contribution in [2.24, 2.45) is 17.8 Å². The fraction of sp³-hybridized carbons (Fsp3) is 0.947. The lowest BCUT2D eigenvalue weighted by atomic mass is 9.74. The normalized spacial score (nSPS) is 39.2. The van der Waals surface area contributed by atoms with E-state index in [2.05, 4.69) is 36.0 Å². The number of carbonyl (C=O) groups excluding carboxylic acids is 1. The minimum atomic E-state index is 0.249. The number of carbonyl (C=O) groups is 1. The number of fused-ring (bicyclic) bond motifs is 1. The summed E-state index contributed by atoms with van der Waals surface area (Å²) in [5.41, 5.74) is 0. The van der Waals surface area contributed by atoms with Crippen molar-refractivity contribution in [2.75, 3.05) is 33.2 Å². The number of piperidine rings is 1. The van der Waals surface area contributed by atoms with E-state index in [0.717, 1.165) is 25.9 Å². The van der Waals surface area contributed by atoms with Gasteiger partial charge in [0.2, 0.25) is 5.91 Å². The van der Waals surface area contributed by atoms with Crippen LogP contribution < -0.4 is 5.32 Å². The highest BCUT2D eigenvalue weighted by Crippen LogP contribution is 2.44. The third kappa shape index (κ3) is 3.74. The molecule has 0 aromatic heterocycles. The number of nitrogens with zero attached hydrogens (tertiary/aromatic N) is 2. The number of nitrogens with one attached hydrogen (secondary N) is 1. The van der Waals surface area contributed by atoms with Crippen molar-refractivity contribution in [1.29, 1.82) is 0 Å². The van der Waals surface area contributed by atoms with Crippen molar-refractivity contribution in [3.8, 4) is 0 Å². The van der Waals surface area contributed by atoms with E-state index in [1.807, 2.05) is 0 Å². The molecule has 0 spiro atoms. The van der Waals surface area contributed by atoms with Crippen LogP contribution in [0.25, 0.3) is 0 Å². The largest absolute Gasteiger partial charge is 0.355 e. The molecular formula is C19H35N3O. The summed E-state index contributed by atoms with van der Waals surface area (Å²) < 4.78 is 0. The maximum absolute atomic E-state index is 12.6. The zero-order valence-electron chi connectivity index (χ0n) is 15.3. The van der Waals surface area contributed by atoms with Gasteiger partial charge in [-0.15, -0.1) is 0 Å². The van der Waals surface area contributed by atoms with E-state index in [9.17, 15) is 4.79 Å². The minimum absolute atomic E-state index is 0.249. The van der Waals surface area contributed by atoms with E-state index in [1.165, 1.54) is 38.8 Å². The zero-order valence-corrected chi connectivity index (χ0v) is 15.3. The molecule has 0 aromatic carbocycles. The summed E-state index contributed by atoms with van der Waals surface area (Å²) in [5.74, 6) is 1.99. The van der Waals surface area contributed by atoms with Gasteiger partial charge in [-0.2, -0.15) is 0 Å². The van der Waals surface area contributed by atoms with Crippen molar-refractivity contribution in [3.63, 3.8) is 0 Å². The molecule has 1 N–H and O–H groups in total. The third-order valence-corrected chi connectivity index (χ3v) is 7.01. The molecule has 0 aromatic rings. The Hall–Kier alpha value is -0.610. The molecule has 0 radical (unpaired) electrons. The van der Waals surface area contributed by atoms with Crippen LogP contribution in [0.1, 0.15) is 52.4 Å². The number of amides is 1. The molecule has 23 heavy (non-hydrogen) atoms. The van der Waals surface area contributed by atoms with Crippen LogP contribution >= 0.6 is 0 Å². The van der Waals surface area contributed by atoms with Gasteiger partial charge < -0.3 is 15.1 Å². The molecule has 3 fully saturated rings. The quantitative estimate of drug-likeness (QED) is 0.863. The average molecular weight is 322 g/mol. The first-order chi connectivity index (χ1) is 11.1. The van der Waals surface area contributed by atoms with Crippen LogP contribution in [0.2, 0.25) is 0 Å². The summed E-state index contributed by atoms with van der Waals surface area (Å²) >= 11 is 0. The molecule has 3 rings (SSSR count). The Morgan fingerprint density at radius 2 is 1.87 bits per heavy atom. The molecule has 4 nitrogen and oxygen atoms in total. The molecule has 4 heteroatoms. The van der Waals surface area contributed by atoms with Gasteiger partial charge >= 0.3 is 0 Å². The van der Waals surface area contributed by atoms with Crippen molar-refractivity contribution in [3.05, 3.63) is 0 Å². The minimum Gasteiger partial charge on any atom is -0.355 e. The predicted molar refractivity (Wildman–Crippen MR) is 94.3 cm³/mol. The van der Waals surface area contributed by atoms with E-state index in [0.29, 0.717) is 29.8 Å². The third-order valence-electron chi connectivity index (χ3n) is 7.01. The fourth-order valence-electron chi connectivity index (χ4n) is 5.19. The molecule has 2 aliphatic heterocycles. The maximum atomic E-state index is 12.6. The van der Waals surface area contributed by atoms with Crippen LogP contribution in [0.15, 0.2) is 0 Å². The van der Waals surface area contributed by atoms with Crippen LogP contribution in [0.5, 0.6) is 0 Å². The van der Waals surface area contributed by atoms with Crippen LogP contribution in [-0.4, -0.2) is 61.0 Å². The predicted octanol–water partition coefficient (Wildman–Crippen LogP) is 2.34. The Labute approximate surface area is 142 Å². The summed E-state index contributed by atoms with van der Waals surface area (Å²) in [6, 6.07) is 1.36. The van der Waals surface area contributed by atoms with E-state index >= 15 is 0 Å². The monoisotopic (exact) mass is 321 g/mol. The SMILES string of the molecule is CC1C2CC(C(=O)NCCN3CCCCC3)CCC2N(C)C1C. The van der Waals surface area contributed by atoms with E-state index in [1.54, 1.807) is 0 Å². The summed E-state index contributed by atoms with van der Waals surface area (Å²) in [4.78, 5) is 17.6. The maximum Gasteiger partial charge on any atom is 0.223 e. The first kappa shape index (κ1) is 17.2. The van der Waals surface area contributed by atoms with Crippen molar-refractivity contribution in [2.45, 2.75) is 64.5 Å². The molecule has 5 unspecified atom stereocenters. The summed E-state index contributed by atoms with van der Waals surface area (Å²) in [6.45, 7) is 9.00. The number of likely N-dealkylation sites (tertiary alicyclic amines) is 2. The molecule has 3 aliphatic rings. The second-order valence-corrected chi connectivity index (χ2v) is 8.20. The highest BCUT2D eigenvalue weighted by atomic mass is 16.1. The van der Waals surface area contributed by atoms with E-state index < -0.39 is 0 Å². The molecule has 0 bridgehead atoms. The lowest BCUT2D eigenvalue weighted by Crippen LogP contribution is -2.43. The molecule has 2 saturated heterocycles. The van der Waals surface area contributed by atoms with Gasteiger partial charge in [-0.25, -0.2) is 0 Å². The van der Waals surface area contributed by atoms with Crippen molar-refractivity contribution >= 4 is 5.91 Å². The highest BCUT2D eigenvalue weighted by molar-refractivity contribution is 5.78. The van der Waals surface area contributed by atoms with Gasteiger partial charge in [-0.1, -0.05) is 13.3 Å². The topological polar surface area (TPSA) is 35.6 Å². The van der Waals surface area contributed by atoms with Crippen molar-refractivity contribution in [1.82, 2.24) is 15.1 Å².